The van der Waals surface area contributed by atoms with Crippen molar-refractivity contribution >= 4 is 11.4 Å². The molecule has 0 atom stereocenters. The number of benzene rings is 3. The highest BCUT2D eigenvalue weighted by molar-refractivity contribution is 5.63. The van der Waals surface area contributed by atoms with E-state index in [9.17, 15) is 0 Å². The Morgan fingerprint density at radius 1 is 0.545 bits per heavy atom. The monoisotopic (exact) mass is 288 g/mol. The van der Waals surface area contributed by atoms with Crippen molar-refractivity contribution in [2.45, 2.75) is 12.8 Å². The van der Waals surface area contributed by atoms with Gasteiger partial charge in [0.2, 0.25) is 0 Å². The van der Waals surface area contributed by atoms with Crippen LogP contribution in [0, 0.1) is 0 Å². The molecule has 0 radical (unpaired) electrons. The largest absolute Gasteiger partial charge is 0.398 e. The molecule has 0 aromatic heterocycles. The maximum absolute atomic E-state index is 6.15. The van der Waals surface area contributed by atoms with Crippen molar-refractivity contribution in [1.29, 1.82) is 0 Å². The van der Waals surface area contributed by atoms with Gasteiger partial charge in [-0.3, -0.25) is 0 Å². The Labute approximate surface area is 131 Å². The summed E-state index contributed by atoms with van der Waals surface area (Å²) in [5.74, 6) is 0. The molecule has 0 unspecified atom stereocenters. The number of nitrogens with two attached hydrogens (primary N) is 2. The average Bonchev–Trinajstić information content (AvgIpc) is 2.54. The van der Waals surface area contributed by atoms with E-state index < -0.39 is 0 Å². The van der Waals surface area contributed by atoms with E-state index in [1.165, 1.54) is 11.1 Å². The Hall–Kier alpha value is -2.74. The van der Waals surface area contributed by atoms with Crippen molar-refractivity contribution in [2.24, 2.45) is 0 Å². The van der Waals surface area contributed by atoms with Crippen LogP contribution in [0.3, 0.4) is 0 Å². The van der Waals surface area contributed by atoms with Gasteiger partial charge in [-0.25, -0.2) is 0 Å². The van der Waals surface area contributed by atoms with Gasteiger partial charge in [-0.1, -0.05) is 66.7 Å². The highest BCUT2D eigenvalue weighted by Gasteiger charge is 2.07. The van der Waals surface area contributed by atoms with Crippen LogP contribution in [0.25, 0.3) is 0 Å². The summed E-state index contributed by atoms with van der Waals surface area (Å²) in [6.07, 6.45) is 1.66. The summed E-state index contributed by atoms with van der Waals surface area (Å²) < 4.78 is 0. The van der Waals surface area contributed by atoms with Gasteiger partial charge < -0.3 is 11.5 Å². The second-order valence-corrected chi connectivity index (χ2v) is 5.57. The Morgan fingerprint density at radius 2 is 0.955 bits per heavy atom. The summed E-state index contributed by atoms with van der Waals surface area (Å²) in [7, 11) is 0. The summed E-state index contributed by atoms with van der Waals surface area (Å²) in [5.41, 5.74) is 18.6. The molecule has 0 saturated carbocycles. The van der Waals surface area contributed by atoms with Crippen LogP contribution in [0.1, 0.15) is 22.3 Å². The molecular weight excluding hydrogens is 268 g/mol. The molecule has 22 heavy (non-hydrogen) atoms. The van der Waals surface area contributed by atoms with Gasteiger partial charge in [-0.05, 0) is 41.2 Å². The van der Waals surface area contributed by atoms with Crippen molar-refractivity contribution in [3.8, 4) is 0 Å². The second-order valence-electron chi connectivity index (χ2n) is 5.57. The lowest BCUT2D eigenvalue weighted by Gasteiger charge is -2.12. The highest BCUT2D eigenvalue weighted by atomic mass is 14.6. The first kappa shape index (κ1) is 14.2. The van der Waals surface area contributed by atoms with Crippen LogP contribution in [-0.2, 0) is 12.8 Å². The molecule has 4 N–H and O–H groups in total. The molecule has 0 bridgehead atoms. The minimum Gasteiger partial charge on any atom is -0.398 e. The number of hydrogen-bond donors (Lipinski definition) is 2. The van der Waals surface area contributed by atoms with Crippen molar-refractivity contribution in [3.63, 3.8) is 0 Å². The van der Waals surface area contributed by atoms with E-state index in [0.29, 0.717) is 0 Å². The van der Waals surface area contributed by atoms with Gasteiger partial charge in [0.05, 0.1) is 0 Å². The summed E-state index contributed by atoms with van der Waals surface area (Å²) in [4.78, 5) is 0. The fraction of sp³-hybridized carbons (Fsp3) is 0.100. The summed E-state index contributed by atoms with van der Waals surface area (Å²) in [6.45, 7) is 0. The van der Waals surface area contributed by atoms with Crippen LogP contribution in [0.5, 0.6) is 0 Å². The van der Waals surface area contributed by atoms with Gasteiger partial charge in [0.15, 0.2) is 0 Å². The standard InChI is InChI=1S/C20H20N2/c21-19-14-20(22)18(12-16-9-5-2-6-10-16)13-17(19)11-15-7-3-1-4-8-15/h1-10,13-14H,11-12,21-22H2. The quantitative estimate of drug-likeness (QED) is 0.712. The summed E-state index contributed by atoms with van der Waals surface area (Å²) >= 11 is 0. The van der Waals surface area contributed by atoms with E-state index in [-0.39, 0.29) is 0 Å². The van der Waals surface area contributed by atoms with E-state index in [0.717, 1.165) is 35.3 Å². The molecule has 0 fully saturated rings. The predicted octanol–water partition coefficient (Wildman–Crippen LogP) is 4.03. The molecule has 0 aliphatic heterocycles. The van der Waals surface area contributed by atoms with E-state index in [4.69, 9.17) is 11.5 Å². The maximum atomic E-state index is 6.15. The highest BCUT2D eigenvalue weighted by Crippen LogP contribution is 2.25. The Balaban J connectivity index is 1.90. The molecule has 110 valence electrons. The first-order valence-electron chi connectivity index (χ1n) is 7.47. The van der Waals surface area contributed by atoms with E-state index in [2.05, 4.69) is 30.3 Å². The lowest BCUT2D eigenvalue weighted by molar-refractivity contribution is 1.14. The van der Waals surface area contributed by atoms with Crippen molar-refractivity contribution in [1.82, 2.24) is 0 Å². The van der Waals surface area contributed by atoms with Crippen LogP contribution < -0.4 is 11.5 Å². The van der Waals surface area contributed by atoms with Crippen LogP contribution >= 0.6 is 0 Å². The molecule has 2 heteroatoms. The Bertz CT molecular complexity index is 687. The molecule has 3 aromatic rings. The van der Waals surface area contributed by atoms with Crippen LogP contribution in [0.15, 0.2) is 72.8 Å². The minimum atomic E-state index is 0.762. The fourth-order valence-electron chi connectivity index (χ4n) is 2.67. The third kappa shape index (κ3) is 3.29. The zero-order chi connectivity index (χ0) is 15.4. The molecule has 0 aliphatic carbocycles. The summed E-state index contributed by atoms with van der Waals surface area (Å²) in [6, 6.07) is 24.7. The van der Waals surface area contributed by atoms with Crippen molar-refractivity contribution < 1.29 is 0 Å². The van der Waals surface area contributed by atoms with Crippen LogP contribution in [0.4, 0.5) is 11.4 Å². The van der Waals surface area contributed by atoms with Gasteiger partial charge in [-0.2, -0.15) is 0 Å². The van der Waals surface area contributed by atoms with Gasteiger partial charge in [0, 0.05) is 11.4 Å². The third-order valence-corrected chi connectivity index (χ3v) is 3.88. The van der Waals surface area contributed by atoms with Crippen molar-refractivity contribution in [3.05, 3.63) is 95.1 Å². The molecule has 3 rings (SSSR count). The lowest BCUT2D eigenvalue weighted by Crippen LogP contribution is -2.03. The third-order valence-electron chi connectivity index (χ3n) is 3.88. The zero-order valence-electron chi connectivity index (χ0n) is 12.5. The normalized spacial score (nSPS) is 10.5. The summed E-state index contributed by atoms with van der Waals surface area (Å²) in [5, 5.41) is 0. The SMILES string of the molecule is Nc1cc(N)c(Cc2ccccc2)cc1Cc1ccccc1. The van der Waals surface area contributed by atoms with Gasteiger partial charge in [0.1, 0.15) is 0 Å². The molecule has 0 amide bonds. The first-order valence-corrected chi connectivity index (χ1v) is 7.47. The fourth-order valence-corrected chi connectivity index (χ4v) is 2.67. The first-order chi connectivity index (χ1) is 10.7. The zero-order valence-corrected chi connectivity index (χ0v) is 12.5. The number of rotatable bonds is 4. The molecule has 0 spiro atoms. The number of nitrogen functional groups attached to an aromatic ring is 2. The number of hydrogen-bond acceptors (Lipinski definition) is 2. The van der Waals surface area contributed by atoms with Gasteiger partial charge >= 0.3 is 0 Å². The molecule has 3 aromatic carbocycles. The molecule has 0 heterocycles. The predicted molar refractivity (Wildman–Crippen MR) is 93.8 cm³/mol. The van der Waals surface area contributed by atoms with Gasteiger partial charge in [-0.15, -0.1) is 0 Å². The Kier molecular flexibility index (Phi) is 4.10. The lowest BCUT2D eigenvalue weighted by atomic mass is 9.96. The maximum Gasteiger partial charge on any atom is 0.0370 e. The molecule has 2 nitrogen and oxygen atoms in total. The van der Waals surface area contributed by atoms with E-state index in [1.54, 1.807) is 0 Å². The second kappa shape index (κ2) is 6.35. The molecular formula is C20H20N2. The van der Waals surface area contributed by atoms with E-state index >= 15 is 0 Å². The smallest absolute Gasteiger partial charge is 0.0370 e. The van der Waals surface area contributed by atoms with Crippen molar-refractivity contribution in [2.75, 3.05) is 11.5 Å². The van der Waals surface area contributed by atoms with E-state index in [1.807, 2.05) is 42.5 Å². The van der Waals surface area contributed by atoms with Crippen LogP contribution in [0.2, 0.25) is 0 Å². The molecule has 0 saturated heterocycles. The Morgan fingerprint density at radius 3 is 1.36 bits per heavy atom. The van der Waals surface area contributed by atoms with Crippen LogP contribution in [-0.4, -0.2) is 0 Å². The topological polar surface area (TPSA) is 52.0 Å². The molecule has 0 aliphatic rings. The number of anilines is 2. The minimum absolute atomic E-state index is 0.762. The van der Waals surface area contributed by atoms with Gasteiger partial charge in [0.25, 0.3) is 0 Å². The average molecular weight is 288 g/mol.